The van der Waals surface area contributed by atoms with Crippen LogP contribution in [-0.2, 0) is 0 Å². The van der Waals surface area contributed by atoms with Crippen LogP contribution < -0.4 is 11.1 Å². The Labute approximate surface area is 132 Å². The molecule has 0 aliphatic carbocycles. The van der Waals surface area contributed by atoms with E-state index in [1.807, 2.05) is 30.3 Å². The van der Waals surface area contributed by atoms with Crippen molar-refractivity contribution in [2.24, 2.45) is 5.73 Å². The van der Waals surface area contributed by atoms with E-state index in [4.69, 9.17) is 5.73 Å². The zero-order valence-electron chi connectivity index (χ0n) is 12.0. The third kappa shape index (κ3) is 3.49. The zero-order chi connectivity index (χ0) is 16.2. The van der Waals surface area contributed by atoms with Crippen molar-refractivity contribution in [1.29, 1.82) is 0 Å². The first-order chi connectivity index (χ1) is 11.1. The summed E-state index contributed by atoms with van der Waals surface area (Å²) in [6.45, 7) is 0. The fourth-order valence-electron chi connectivity index (χ4n) is 2.06. The van der Waals surface area contributed by atoms with Gasteiger partial charge in [-0.1, -0.05) is 30.3 Å². The highest BCUT2D eigenvalue weighted by Crippen LogP contribution is 2.21. The van der Waals surface area contributed by atoms with Gasteiger partial charge < -0.3 is 11.1 Å². The van der Waals surface area contributed by atoms with Crippen LogP contribution in [0.1, 0.15) is 10.5 Å². The summed E-state index contributed by atoms with van der Waals surface area (Å²) in [7, 11) is 0. The maximum atomic E-state index is 13.4. The first kappa shape index (κ1) is 14.6. The van der Waals surface area contributed by atoms with E-state index < -0.39 is 11.7 Å². The van der Waals surface area contributed by atoms with Crippen LogP contribution in [0.2, 0.25) is 0 Å². The zero-order valence-corrected chi connectivity index (χ0v) is 12.0. The molecule has 5 nitrogen and oxygen atoms in total. The molecular formula is C17H13FN4O. The number of hydrogen-bond donors (Lipinski definition) is 2. The van der Waals surface area contributed by atoms with Gasteiger partial charge in [0.1, 0.15) is 17.3 Å². The first-order valence-corrected chi connectivity index (χ1v) is 6.89. The Hall–Kier alpha value is -3.28. The van der Waals surface area contributed by atoms with Crippen molar-refractivity contribution in [3.05, 3.63) is 72.2 Å². The Balaban J connectivity index is 2.04. The second-order valence-electron chi connectivity index (χ2n) is 4.83. The van der Waals surface area contributed by atoms with Gasteiger partial charge in [0.25, 0.3) is 5.91 Å². The number of carbonyl (C=O) groups excluding carboxylic acids is 1. The molecule has 0 aliphatic rings. The number of hydrogen-bond acceptors (Lipinski definition) is 4. The quantitative estimate of drug-likeness (QED) is 0.776. The molecule has 2 aromatic carbocycles. The van der Waals surface area contributed by atoms with E-state index in [0.717, 1.165) is 5.69 Å². The summed E-state index contributed by atoms with van der Waals surface area (Å²) in [6, 6.07) is 16.6. The van der Waals surface area contributed by atoms with E-state index in [0.29, 0.717) is 11.4 Å². The molecule has 0 radical (unpaired) electrons. The summed E-state index contributed by atoms with van der Waals surface area (Å²) in [4.78, 5) is 19.9. The van der Waals surface area contributed by atoms with Crippen molar-refractivity contribution in [3.8, 4) is 11.4 Å². The van der Waals surface area contributed by atoms with Crippen LogP contribution >= 0.6 is 0 Å². The van der Waals surface area contributed by atoms with E-state index in [9.17, 15) is 9.18 Å². The third-order valence-corrected chi connectivity index (χ3v) is 3.11. The predicted molar refractivity (Wildman–Crippen MR) is 85.7 cm³/mol. The molecule has 1 heterocycles. The summed E-state index contributed by atoms with van der Waals surface area (Å²) in [5.74, 6) is -0.465. The van der Waals surface area contributed by atoms with Crippen LogP contribution in [0.15, 0.2) is 60.7 Å². The van der Waals surface area contributed by atoms with Gasteiger partial charge in [-0.15, -0.1) is 0 Å². The summed E-state index contributed by atoms with van der Waals surface area (Å²) in [6.07, 6.45) is 0. The number of aromatic nitrogens is 2. The maximum Gasteiger partial charge on any atom is 0.267 e. The molecule has 0 atom stereocenters. The molecule has 3 aromatic rings. The van der Waals surface area contributed by atoms with Gasteiger partial charge in [-0.2, -0.15) is 0 Å². The minimum Gasteiger partial charge on any atom is -0.364 e. The molecule has 0 aliphatic heterocycles. The van der Waals surface area contributed by atoms with Gasteiger partial charge in [0, 0.05) is 17.3 Å². The number of halogens is 1. The van der Waals surface area contributed by atoms with Crippen LogP contribution in [0, 0.1) is 5.82 Å². The molecule has 0 bridgehead atoms. The van der Waals surface area contributed by atoms with Crippen molar-refractivity contribution in [1.82, 2.24) is 9.97 Å². The van der Waals surface area contributed by atoms with Gasteiger partial charge in [-0.05, 0) is 24.3 Å². The monoisotopic (exact) mass is 308 g/mol. The molecule has 3 N–H and O–H groups in total. The SMILES string of the molecule is NC(=O)c1cc(Nc2ccccc2)nc(-c2cccc(F)c2)n1. The molecule has 6 heteroatoms. The molecule has 0 spiro atoms. The topological polar surface area (TPSA) is 80.9 Å². The normalized spacial score (nSPS) is 10.3. The van der Waals surface area contributed by atoms with E-state index in [2.05, 4.69) is 15.3 Å². The Morgan fingerprint density at radius 2 is 1.78 bits per heavy atom. The van der Waals surface area contributed by atoms with Crippen LogP contribution in [0.4, 0.5) is 15.9 Å². The molecule has 0 saturated carbocycles. The standard InChI is InChI=1S/C17H13FN4O/c18-12-6-4-5-11(9-12)17-21-14(16(19)23)10-15(22-17)20-13-7-2-1-3-8-13/h1-10H,(H2,19,23)(H,20,21,22). The van der Waals surface area contributed by atoms with E-state index in [1.165, 1.54) is 18.2 Å². The van der Waals surface area contributed by atoms with Crippen molar-refractivity contribution in [3.63, 3.8) is 0 Å². The first-order valence-electron chi connectivity index (χ1n) is 6.89. The summed E-state index contributed by atoms with van der Waals surface area (Å²) >= 11 is 0. The third-order valence-electron chi connectivity index (χ3n) is 3.11. The van der Waals surface area contributed by atoms with E-state index in [-0.39, 0.29) is 11.5 Å². The molecule has 1 aromatic heterocycles. The van der Waals surface area contributed by atoms with Gasteiger partial charge in [0.05, 0.1) is 0 Å². The highest BCUT2D eigenvalue weighted by molar-refractivity contribution is 5.92. The van der Waals surface area contributed by atoms with Crippen molar-refractivity contribution in [2.75, 3.05) is 5.32 Å². The highest BCUT2D eigenvalue weighted by Gasteiger charge is 2.11. The second kappa shape index (κ2) is 6.23. The maximum absolute atomic E-state index is 13.4. The van der Waals surface area contributed by atoms with Crippen molar-refractivity contribution >= 4 is 17.4 Å². The number of anilines is 2. The van der Waals surface area contributed by atoms with Gasteiger partial charge >= 0.3 is 0 Å². The molecule has 3 rings (SSSR count). The number of carbonyl (C=O) groups is 1. The molecule has 0 unspecified atom stereocenters. The van der Waals surface area contributed by atoms with E-state index in [1.54, 1.807) is 12.1 Å². The summed E-state index contributed by atoms with van der Waals surface area (Å²) in [5.41, 5.74) is 6.64. The van der Waals surface area contributed by atoms with E-state index >= 15 is 0 Å². The minimum atomic E-state index is -0.679. The van der Waals surface area contributed by atoms with Crippen LogP contribution in [0.25, 0.3) is 11.4 Å². The average Bonchev–Trinajstić information content (AvgIpc) is 2.55. The van der Waals surface area contributed by atoms with Crippen LogP contribution in [-0.4, -0.2) is 15.9 Å². The lowest BCUT2D eigenvalue weighted by atomic mass is 10.2. The van der Waals surface area contributed by atoms with Gasteiger partial charge in [0.15, 0.2) is 5.82 Å². The largest absolute Gasteiger partial charge is 0.364 e. The Bertz CT molecular complexity index is 852. The minimum absolute atomic E-state index is 0.0534. The Kier molecular flexibility index (Phi) is 3.97. The van der Waals surface area contributed by atoms with Crippen LogP contribution in [0.3, 0.4) is 0 Å². The lowest BCUT2D eigenvalue weighted by Crippen LogP contribution is -2.14. The fraction of sp³-hybridized carbons (Fsp3) is 0. The lowest BCUT2D eigenvalue weighted by Gasteiger charge is -2.09. The summed E-state index contributed by atoms with van der Waals surface area (Å²) in [5, 5.41) is 3.07. The molecule has 0 saturated heterocycles. The molecule has 114 valence electrons. The number of rotatable bonds is 4. The number of para-hydroxylation sites is 1. The number of amides is 1. The fourth-order valence-corrected chi connectivity index (χ4v) is 2.06. The number of nitrogens with one attached hydrogen (secondary N) is 1. The predicted octanol–water partition coefficient (Wildman–Crippen LogP) is 3.13. The second-order valence-corrected chi connectivity index (χ2v) is 4.83. The lowest BCUT2D eigenvalue weighted by molar-refractivity contribution is 0.0995. The van der Waals surface area contributed by atoms with Gasteiger partial charge in [0.2, 0.25) is 0 Å². The summed E-state index contributed by atoms with van der Waals surface area (Å²) < 4.78 is 13.4. The molecule has 1 amide bonds. The number of benzene rings is 2. The average molecular weight is 308 g/mol. The molecule has 0 fully saturated rings. The van der Waals surface area contributed by atoms with Crippen molar-refractivity contribution < 1.29 is 9.18 Å². The Morgan fingerprint density at radius 1 is 1.00 bits per heavy atom. The smallest absolute Gasteiger partial charge is 0.267 e. The number of nitrogens with zero attached hydrogens (tertiary/aromatic N) is 2. The van der Waals surface area contributed by atoms with Gasteiger partial charge in [-0.25, -0.2) is 14.4 Å². The molecule has 23 heavy (non-hydrogen) atoms. The van der Waals surface area contributed by atoms with Crippen molar-refractivity contribution in [2.45, 2.75) is 0 Å². The Morgan fingerprint density at radius 3 is 2.48 bits per heavy atom. The van der Waals surface area contributed by atoms with Gasteiger partial charge in [-0.3, -0.25) is 4.79 Å². The number of primary amides is 1. The van der Waals surface area contributed by atoms with Crippen LogP contribution in [0.5, 0.6) is 0 Å². The highest BCUT2D eigenvalue weighted by atomic mass is 19.1. The number of nitrogens with two attached hydrogens (primary N) is 1. The molecular weight excluding hydrogens is 295 g/mol.